The molecule has 1 aromatic heterocycles. The quantitative estimate of drug-likeness (QED) is 0.727. The minimum atomic E-state index is -0.147. The average Bonchev–Trinajstić information content (AvgIpc) is 2.85. The van der Waals surface area contributed by atoms with E-state index in [-0.39, 0.29) is 11.7 Å². The lowest BCUT2D eigenvalue weighted by atomic mass is 9.96. The monoisotopic (exact) mass is 289 g/mol. The van der Waals surface area contributed by atoms with Crippen LogP contribution in [0.5, 0.6) is 0 Å². The Morgan fingerprint density at radius 1 is 1.10 bits per heavy atom. The molecule has 0 amide bonds. The van der Waals surface area contributed by atoms with Crippen molar-refractivity contribution in [2.24, 2.45) is 5.92 Å². The van der Waals surface area contributed by atoms with Gasteiger partial charge in [0, 0.05) is 12.1 Å². The Hall–Kier alpha value is -1.55. The van der Waals surface area contributed by atoms with E-state index in [1.807, 2.05) is 6.07 Å². The first-order valence-electron chi connectivity index (χ1n) is 8.01. The summed E-state index contributed by atoms with van der Waals surface area (Å²) < 4.78 is 0. The van der Waals surface area contributed by atoms with Crippen LogP contribution in [0.1, 0.15) is 58.6 Å². The molecule has 0 aliphatic rings. The topological polar surface area (TPSA) is 60.7 Å². The Labute approximate surface area is 126 Å². The summed E-state index contributed by atoms with van der Waals surface area (Å²) in [6, 6.07) is 6.93. The van der Waals surface area contributed by atoms with Crippen LogP contribution in [-0.4, -0.2) is 16.0 Å². The number of hydrogen-bond acceptors (Lipinski definition) is 2. The summed E-state index contributed by atoms with van der Waals surface area (Å²) >= 11 is 0. The second-order valence-electron chi connectivity index (χ2n) is 6.13. The van der Waals surface area contributed by atoms with Crippen molar-refractivity contribution < 1.29 is 0 Å². The predicted octanol–water partition coefficient (Wildman–Crippen LogP) is 3.72. The highest BCUT2D eigenvalue weighted by Gasteiger charge is 2.15. The lowest BCUT2D eigenvalue weighted by molar-refractivity contribution is 0.359. The molecule has 116 valence electrons. The Morgan fingerprint density at radius 3 is 2.48 bits per heavy atom. The molecule has 0 aliphatic heterocycles. The van der Waals surface area contributed by atoms with Crippen LogP contribution in [0.25, 0.3) is 11.0 Å². The van der Waals surface area contributed by atoms with Crippen molar-refractivity contribution in [3.63, 3.8) is 0 Å². The van der Waals surface area contributed by atoms with Gasteiger partial charge in [0.05, 0.1) is 11.0 Å². The minimum Gasteiger partial charge on any atom is -0.307 e. The van der Waals surface area contributed by atoms with E-state index in [0.717, 1.165) is 23.4 Å². The van der Waals surface area contributed by atoms with Crippen LogP contribution < -0.4 is 11.0 Å². The van der Waals surface area contributed by atoms with E-state index in [1.54, 1.807) is 0 Å². The van der Waals surface area contributed by atoms with Crippen LogP contribution in [0.15, 0.2) is 23.0 Å². The zero-order valence-corrected chi connectivity index (χ0v) is 13.5. The zero-order valence-electron chi connectivity index (χ0n) is 13.5. The standard InChI is InChI=1S/C17H27N3O/c1-5-11(3)9-14(6-2)18-12(4)13-7-8-15-16(10-13)20-17(21)19-15/h7-8,10-12,14,18H,5-6,9H2,1-4H3,(H2,19,20,21). The van der Waals surface area contributed by atoms with Crippen molar-refractivity contribution in [2.75, 3.05) is 0 Å². The number of benzene rings is 1. The fourth-order valence-electron chi connectivity index (χ4n) is 2.77. The molecule has 0 radical (unpaired) electrons. The number of aromatic amines is 2. The van der Waals surface area contributed by atoms with E-state index in [9.17, 15) is 4.79 Å². The molecule has 2 rings (SSSR count). The van der Waals surface area contributed by atoms with E-state index in [0.29, 0.717) is 6.04 Å². The molecule has 0 saturated heterocycles. The van der Waals surface area contributed by atoms with Crippen LogP contribution in [0, 0.1) is 5.92 Å². The van der Waals surface area contributed by atoms with Gasteiger partial charge in [-0.15, -0.1) is 0 Å². The molecule has 4 nitrogen and oxygen atoms in total. The predicted molar refractivity (Wildman–Crippen MR) is 88.6 cm³/mol. The van der Waals surface area contributed by atoms with Gasteiger partial charge in [0.25, 0.3) is 0 Å². The first kappa shape index (κ1) is 15.8. The molecule has 2 aromatic rings. The molecule has 0 bridgehead atoms. The number of nitrogens with one attached hydrogen (secondary N) is 3. The molecule has 0 fully saturated rings. The van der Waals surface area contributed by atoms with Gasteiger partial charge in [0.15, 0.2) is 0 Å². The Balaban J connectivity index is 2.09. The maximum atomic E-state index is 11.3. The van der Waals surface area contributed by atoms with Gasteiger partial charge in [-0.1, -0.05) is 33.3 Å². The zero-order chi connectivity index (χ0) is 15.4. The molecule has 1 aromatic carbocycles. The molecule has 3 N–H and O–H groups in total. The molecule has 4 heteroatoms. The molecule has 0 aliphatic carbocycles. The highest BCUT2D eigenvalue weighted by Crippen LogP contribution is 2.20. The van der Waals surface area contributed by atoms with Crippen LogP contribution in [0.3, 0.4) is 0 Å². The molecule has 3 atom stereocenters. The molecule has 0 spiro atoms. The number of aromatic nitrogens is 2. The molecular formula is C17H27N3O. The number of fused-ring (bicyclic) bond motifs is 1. The third kappa shape index (κ3) is 3.97. The van der Waals surface area contributed by atoms with Crippen LogP contribution >= 0.6 is 0 Å². The van der Waals surface area contributed by atoms with Crippen molar-refractivity contribution in [1.82, 2.24) is 15.3 Å². The summed E-state index contributed by atoms with van der Waals surface area (Å²) in [5.41, 5.74) is 2.80. The van der Waals surface area contributed by atoms with Gasteiger partial charge >= 0.3 is 5.69 Å². The number of hydrogen-bond donors (Lipinski definition) is 3. The van der Waals surface area contributed by atoms with Crippen molar-refractivity contribution in [3.8, 4) is 0 Å². The van der Waals surface area contributed by atoms with Crippen molar-refractivity contribution >= 4 is 11.0 Å². The molecule has 1 heterocycles. The van der Waals surface area contributed by atoms with Gasteiger partial charge in [0.2, 0.25) is 0 Å². The van der Waals surface area contributed by atoms with Crippen molar-refractivity contribution in [1.29, 1.82) is 0 Å². The van der Waals surface area contributed by atoms with E-state index < -0.39 is 0 Å². The van der Waals surface area contributed by atoms with Crippen LogP contribution in [0.4, 0.5) is 0 Å². The molecule has 0 saturated carbocycles. The molecular weight excluding hydrogens is 262 g/mol. The van der Waals surface area contributed by atoms with E-state index in [1.165, 1.54) is 18.4 Å². The smallest absolute Gasteiger partial charge is 0.307 e. The Kier molecular flexibility index (Phi) is 5.23. The lowest BCUT2D eigenvalue weighted by Crippen LogP contribution is -2.32. The van der Waals surface area contributed by atoms with Gasteiger partial charge < -0.3 is 15.3 Å². The summed E-state index contributed by atoms with van der Waals surface area (Å²) in [7, 11) is 0. The number of H-pyrrole nitrogens is 2. The fourth-order valence-corrected chi connectivity index (χ4v) is 2.77. The Morgan fingerprint density at radius 2 is 1.81 bits per heavy atom. The molecule has 3 unspecified atom stereocenters. The normalized spacial score (nSPS) is 16.0. The van der Waals surface area contributed by atoms with E-state index >= 15 is 0 Å². The van der Waals surface area contributed by atoms with Crippen molar-refractivity contribution in [2.45, 2.75) is 59.0 Å². The first-order valence-corrected chi connectivity index (χ1v) is 8.01. The third-order valence-electron chi connectivity index (χ3n) is 4.40. The van der Waals surface area contributed by atoms with Gasteiger partial charge in [-0.3, -0.25) is 0 Å². The Bertz CT molecular complexity index is 628. The SMILES string of the molecule is CCC(C)CC(CC)NC(C)c1ccc2[nH]c(=O)[nH]c2c1. The van der Waals surface area contributed by atoms with Crippen LogP contribution in [-0.2, 0) is 0 Å². The maximum absolute atomic E-state index is 11.3. The summed E-state index contributed by atoms with van der Waals surface area (Å²) in [6.07, 6.45) is 3.57. The first-order chi connectivity index (χ1) is 10.0. The summed E-state index contributed by atoms with van der Waals surface area (Å²) in [6.45, 7) is 8.98. The minimum absolute atomic E-state index is 0.147. The number of rotatable bonds is 7. The average molecular weight is 289 g/mol. The summed E-state index contributed by atoms with van der Waals surface area (Å²) in [4.78, 5) is 16.9. The highest BCUT2D eigenvalue weighted by atomic mass is 16.1. The molecule has 21 heavy (non-hydrogen) atoms. The van der Waals surface area contributed by atoms with Gasteiger partial charge in [-0.2, -0.15) is 0 Å². The highest BCUT2D eigenvalue weighted by molar-refractivity contribution is 5.75. The fraction of sp³-hybridized carbons (Fsp3) is 0.588. The van der Waals surface area contributed by atoms with E-state index in [2.05, 4.69) is 55.1 Å². The summed E-state index contributed by atoms with van der Waals surface area (Å²) in [5.74, 6) is 0.748. The van der Waals surface area contributed by atoms with E-state index in [4.69, 9.17) is 0 Å². The van der Waals surface area contributed by atoms with Gasteiger partial charge in [-0.25, -0.2) is 4.79 Å². The van der Waals surface area contributed by atoms with Gasteiger partial charge in [0.1, 0.15) is 0 Å². The second-order valence-corrected chi connectivity index (χ2v) is 6.13. The third-order valence-corrected chi connectivity index (χ3v) is 4.40. The summed E-state index contributed by atoms with van der Waals surface area (Å²) in [5, 5.41) is 3.72. The van der Waals surface area contributed by atoms with Gasteiger partial charge in [-0.05, 0) is 43.4 Å². The maximum Gasteiger partial charge on any atom is 0.323 e. The largest absolute Gasteiger partial charge is 0.323 e. The lowest BCUT2D eigenvalue weighted by Gasteiger charge is -2.25. The van der Waals surface area contributed by atoms with Crippen molar-refractivity contribution in [3.05, 3.63) is 34.2 Å². The second kappa shape index (κ2) is 6.94. The van der Waals surface area contributed by atoms with Crippen LogP contribution in [0.2, 0.25) is 0 Å². The number of imidazole rings is 1.